The molecule has 0 saturated heterocycles. The van der Waals surface area contributed by atoms with E-state index in [9.17, 15) is 0 Å². The van der Waals surface area contributed by atoms with Gasteiger partial charge >= 0.3 is 0 Å². The molecule has 2 aromatic carbocycles. The number of rotatable bonds is 2. The number of nitrogens with zero attached hydrogens (tertiary/aromatic N) is 1. The molecule has 0 bridgehead atoms. The number of hydrogen-bond donors (Lipinski definition) is 0. The zero-order valence-corrected chi connectivity index (χ0v) is 12.0. The molecule has 0 aliphatic heterocycles. The summed E-state index contributed by atoms with van der Waals surface area (Å²) in [5.41, 5.74) is 2.49. The van der Waals surface area contributed by atoms with Gasteiger partial charge in [-0.3, -0.25) is 4.98 Å². The van der Waals surface area contributed by atoms with Crippen molar-refractivity contribution >= 4 is 33.4 Å². The van der Waals surface area contributed by atoms with Crippen LogP contribution in [0.25, 0.3) is 10.8 Å². The third-order valence-electron chi connectivity index (χ3n) is 3.07. The Bertz CT molecular complexity index is 686. The zero-order valence-electron chi connectivity index (χ0n) is 9.81. The molecule has 0 radical (unpaired) electrons. The predicted molar refractivity (Wildman–Crippen MR) is 83.7 cm³/mol. The highest BCUT2D eigenvalue weighted by Gasteiger charge is 2.05. The molecule has 0 N–H and O–H groups in total. The predicted octanol–water partition coefficient (Wildman–Crippen LogP) is 4.43. The van der Waals surface area contributed by atoms with Gasteiger partial charge in [-0.15, -0.1) is 0 Å². The number of benzene rings is 2. The highest BCUT2D eigenvalue weighted by atomic mass is 127. The van der Waals surface area contributed by atoms with E-state index in [1.54, 1.807) is 0 Å². The van der Waals surface area contributed by atoms with Crippen LogP contribution in [-0.4, -0.2) is 4.98 Å². The van der Waals surface area contributed by atoms with Crippen LogP contribution in [0.2, 0.25) is 0 Å². The van der Waals surface area contributed by atoms with Crippen molar-refractivity contribution in [3.63, 3.8) is 0 Å². The Morgan fingerprint density at radius 3 is 2.56 bits per heavy atom. The Labute approximate surface area is 120 Å². The quantitative estimate of drug-likeness (QED) is 0.626. The zero-order chi connectivity index (χ0) is 12.4. The second-order valence-electron chi connectivity index (χ2n) is 4.25. The van der Waals surface area contributed by atoms with E-state index >= 15 is 0 Å². The van der Waals surface area contributed by atoms with Gasteiger partial charge in [0.1, 0.15) is 0 Å². The lowest BCUT2D eigenvalue weighted by Crippen LogP contribution is -1.95. The monoisotopic (exact) mass is 345 g/mol. The van der Waals surface area contributed by atoms with E-state index in [0.29, 0.717) is 0 Å². The van der Waals surface area contributed by atoms with Crippen molar-refractivity contribution in [2.24, 2.45) is 0 Å². The molecule has 0 amide bonds. The molecule has 0 spiro atoms. The van der Waals surface area contributed by atoms with Crippen molar-refractivity contribution in [1.82, 2.24) is 4.98 Å². The molecule has 2 heteroatoms. The highest BCUT2D eigenvalue weighted by molar-refractivity contribution is 14.1. The summed E-state index contributed by atoms with van der Waals surface area (Å²) in [5.74, 6) is 0. The maximum Gasteiger partial charge on any atom is 0.0526 e. The summed E-state index contributed by atoms with van der Waals surface area (Å²) in [6.07, 6.45) is 2.79. The summed E-state index contributed by atoms with van der Waals surface area (Å²) in [6.45, 7) is 0. The molecule has 1 nitrogen and oxygen atoms in total. The van der Waals surface area contributed by atoms with Crippen LogP contribution in [0.15, 0.2) is 60.8 Å². The second kappa shape index (κ2) is 5.06. The fourth-order valence-corrected chi connectivity index (χ4v) is 2.72. The number of halogens is 1. The molecule has 3 aromatic rings. The molecular weight excluding hydrogens is 333 g/mol. The SMILES string of the molecule is Ic1ccccc1Cc1nccc2ccccc12. The maximum absolute atomic E-state index is 4.54. The van der Waals surface area contributed by atoms with Gasteiger partial charge in [0.05, 0.1) is 5.69 Å². The Kier molecular flexibility index (Phi) is 3.28. The third-order valence-corrected chi connectivity index (χ3v) is 4.12. The normalized spacial score (nSPS) is 10.7. The van der Waals surface area contributed by atoms with Gasteiger partial charge in [0.2, 0.25) is 0 Å². The van der Waals surface area contributed by atoms with Crippen molar-refractivity contribution in [2.45, 2.75) is 6.42 Å². The molecular formula is C16H12IN. The fraction of sp³-hybridized carbons (Fsp3) is 0.0625. The first-order chi connectivity index (χ1) is 8.84. The second-order valence-corrected chi connectivity index (χ2v) is 5.41. The molecule has 1 heterocycles. The minimum absolute atomic E-state index is 0.889. The minimum atomic E-state index is 0.889. The van der Waals surface area contributed by atoms with Crippen LogP contribution in [0.1, 0.15) is 11.3 Å². The summed E-state index contributed by atoms with van der Waals surface area (Å²) in [4.78, 5) is 4.54. The standard InChI is InChI=1S/C16H12IN/c17-15-8-4-2-6-13(15)11-16-14-7-3-1-5-12(14)9-10-18-16/h1-10H,11H2. The van der Waals surface area contributed by atoms with Gasteiger partial charge in [-0.2, -0.15) is 0 Å². The van der Waals surface area contributed by atoms with Gasteiger partial charge in [0.25, 0.3) is 0 Å². The smallest absolute Gasteiger partial charge is 0.0526 e. The van der Waals surface area contributed by atoms with Crippen molar-refractivity contribution in [2.75, 3.05) is 0 Å². The van der Waals surface area contributed by atoms with Gasteiger partial charge in [-0.25, -0.2) is 0 Å². The van der Waals surface area contributed by atoms with E-state index in [0.717, 1.165) is 12.1 Å². The van der Waals surface area contributed by atoms with Gasteiger partial charge in [-0.05, 0) is 45.7 Å². The lowest BCUT2D eigenvalue weighted by Gasteiger charge is -2.07. The Morgan fingerprint density at radius 1 is 0.889 bits per heavy atom. The summed E-state index contributed by atoms with van der Waals surface area (Å²) in [6, 6.07) is 19.0. The Balaban J connectivity index is 2.08. The van der Waals surface area contributed by atoms with Crippen molar-refractivity contribution < 1.29 is 0 Å². The van der Waals surface area contributed by atoms with Gasteiger partial charge in [0.15, 0.2) is 0 Å². The van der Waals surface area contributed by atoms with E-state index in [1.165, 1.54) is 19.9 Å². The Hall–Kier alpha value is -1.42. The van der Waals surface area contributed by atoms with E-state index in [1.807, 2.05) is 6.20 Å². The molecule has 0 fully saturated rings. The van der Waals surface area contributed by atoms with E-state index in [-0.39, 0.29) is 0 Å². The van der Waals surface area contributed by atoms with E-state index in [2.05, 4.69) is 82.2 Å². The number of pyridine rings is 1. The van der Waals surface area contributed by atoms with Crippen LogP contribution in [0.5, 0.6) is 0 Å². The first kappa shape index (κ1) is 11.7. The van der Waals surface area contributed by atoms with Crippen molar-refractivity contribution in [1.29, 1.82) is 0 Å². The van der Waals surface area contributed by atoms with Crippen LogP contribution in [0.4, 0.5) is 0 Å². The van der Waals surface area contributed by atoms with Crippen LogP contribution in [0, 0.1) is 3.57 Å². The van der Waals surface area contributed by atoms with Gasteiger partial charge < -0.3 is 0 Å². The molecule has 0 saturated carbocycles. The van der Waals surface area contributed by atoms with E-state index in [4.69, 9.17) is 0 Å². The Morgan fingerprint density at radius 2 is 1.67 bits per heavy atom. The molecule has 3 rings (SSSR count). The summed E-state index contributed by atoms with van der Waals surface area (Å²) in [5, 5.41) is 2.51. The minimum Gasteiger partial charge on any atom is -0.260 e. The number of hydrogen-bond acceptors (Lipinski definition) is 1. The van der Waals surface area contributed by atoms with E-state index < -0.39 is 0 Å². The lowest BCUT2D eigenvalue weighted by molar-refractivity contribution is 1.09. The summed E-state index contributed by atoms with van der Waals surface area (Å²) < 4.78 is 1.30. The van der Waals surface area contributed by atoms with Crippen molar-refractivity contribution in [3.05, 3.63) is 75.6 Å². The van der Waals surface area contributed by atoms with Crippen LogP contribution in [0.3, 0.4) is 0 Å². The van der Waals surface area contributed by atoms with Gasteiger partial charge in [-0.1, -0.05) is 42.5 Å². The number of aromatic nitrogens is 1. The molecule has 88 valence electrons. The first-order valence-electron chi connectivity index (χ1n) is 5.90. The maximum atomic E-state index is 4.54. The van der Waals surface area contributed by atoms with Crippen LogP contribution in [-0.2, 0) is 6.42 Å². The highest BCUT2D eigenvalue weighted by Crippen LogP contribution is 2.21. The average molecular weight is 345 g/mol. The summed E-state index contributed by atoms with van der Waals surface area (Å²) in [7, 11) is 0. The molecule has 0 unspecified atom stereocenters. The van der Waals surface area contributed by atoms with Crippen molar-refractivity contribution in [3.8, 4) is 0 Å². The topological polar surface area (TPSA) is 12.9 Å². The fourth-order valence-electron chi connectivity index (χ4n) is 2.15. The van der Waals surface area contributed by atoms with Crippen LogP contribution >= 0.6 is 22.6 Å². The summed E-state index contributed by atoms with van der Waals surface area (Å²) >= 11 is 2.38. The largest absolute Gasteiger partial charge is 0.260 e. The third kappa shape index (κ3) is 2.25. The van der Waals surface area contributed by atoms with Crippen LogP contribution < -0.4 is 0 Å². The number of fused-ring (bicyclic) bond motifs is 1. The molecule has 1 aromatic heterocycles. The molecule has 0 atom stereocenters. The van der Waals surface area contributed by atoms with Gasteiger partial charge in [0, 0.05) is 21.6 Å². The molecule has 0 aliphatic carbocycles. The average Bonchev–Trinajstić information content (AvgIpc) is 2.42. The lowest BCUT2D eigenvalue weighted by atomic mass is 10.0. The molecule has 0 aliphatic rings. The first-order valence-corrected chi connectivity index (χ1v) is 6.98. The molecule has 18 heavy (non-hydrogen) atoms.